The molecule has 124 valence electrons. The molecule has 0 fully saturated rings. The van der Waals surface area contributed by atoms with Crippen LogP contribution in [-0.4, -0.2) is 26.4 Å². The first-order chi connectivity index (χ1) is 11.1. The van der Waals surface area contributed by atoms with E-state index in [-0.39, 0.29) is 18.2 Å². The maximum atomic E-state index is 12.5. The van der Waals surface area contributed by atoms with Gasteiger partial charge in [-0.25, -0.2) is 4.79 Å². The lowest BCUT2D eigenvalue weighted by atomic mass is 10.3. The minimum Gasteiger partial charge on any atom is -0.477 e. The van der Waals surface area contributed by atoms with Crippen LogP contribution in [-0.2, 0) is 6.54 Å². The summed E-state index contributed by atoms with van der Waals surface area (Å²) >= 11 is 1.25. The van der Waals surface area contributed by atoms with Crippen LogP contribution >= 0.6 is 11.3 Å². The summed E-state index contributed by atoms with van der Waals surface area (Å²) in [5.74, 6) is 0.0141. The fraction of sp³-hybridized carbons (Fsp3) is 0.538. The third-order valence-corrected chi connectivity index (χ3v) is 3.63. The maximum absolute atomic E-state index is 12.5. The summed E-state index contributed by atoms with van der Waals surface area (Å²) in [5.41, 5.74) is -1.09. The van der Waals surface area contributed by atoms with Gasteiger partial charge in [0.25, 0.3) is 10.7 Å². The summed E-state index contributed by atoms with van der Waals surface area (Å²) in [6.45, 7) is 6.12. The molecule has 0 atom stereocenters. The van der Waals surface area contributed by atoms with Gasteiger partial charge in [0, 0.05) is 6.54 Å². The number of nitrogens with one attached hydrogen (secondary N) is 1. The number of aryl methyl sites for hydroxylation is 1. The van der Waals surface area contributed by atoms with Gasteiger partial charge in [-0.2, -0.15) is 0 Å². The van der Waals surface area contributed by atoms with Gasteiger partial charge in [0.1, 0.15) is 5.01 Å². The van der Waals surface area contributed by atoms with Crippen LogP contribution in [0.25, 0.3) is 0 Å². The number of ether oxygens (including phenoxy) is 1. The highest BCUT2D eigenvalue weighted by Gasteiger charge is 2.15. The summed E-state index contributed by atoms with van der Waals surface area (Å²) in [6.07, 6.45) is 1.57. The van der Waals surface area contributed by atoms with Crippen LogP contribution in [0, 0.1) is 6.92 Å². The van der Waals surface area contributed by atoms with Crippen molar-refractivity contribution in [1.82, 2.24) is 19.7 Å². The molecular formula is C13H18N6O3S. The number of hydrogen-bond acceptors (Lipinski definition) is 8. The van der Waals surface area contributed by atoms with E-state index in [9.17, 15) is 9.59 Å². The topological polar surface area (TPSA) is 115 Å². The van der Waals surface area contributed by atoms with Gasteiger partial charge in [0.05, 0.1) is 6.61 Å². The Morgan fingerprint density at radius 3 is 2.65 bits per heavy atom. The summed E-state index contributed by atoms with van der Waals surface area (Å²) < 4.78 is 6.40. The first-order valence-corrected chi connectivity index (χ1v) is 8.10. The van der Waals surface area contributed by atoms with Crippen molar-refractivity contribution in [2.24, 2.45) is 10.2 Å². The van der Waals surface area contributed by atoms with Crippen molar-refractivity contribution in [2.75, 3.05) is 6.61 Å². The Hall–Kier alpha value is -2.36. The van der Waals surface area contributed by atoms with Crippen molar-refractivity contribution >= 4 is 22.2 Å². The molecule has 0 unspecified atom stereocenters. The summed E-state index contributed by atoms with van der Waals surface area (Å²) in [7, 11) is 0. The largest absolute Gasteiger partial charge is 0.477 e. The third-order valence-electron chi connectivity index (χ3n) is 2.90. The van der Waals surface area contributed by atoms with Gasteiger partial charge in [-0.05, 0) is 20.3 Å². The van der Waals surface area contributed by atoms with E-state index in [2.05, 4.69) is 25.4 Å². The highest BCUT2D eigenvalue weighted by Crippen LogP contribution is 2.24. The third kappa shape index (κ3) is 4.09. The van der Waals surface area contributed by atoms with Gasteiger partial charge in [0.2, 0.25) is 11.6 Å². The van der Waals surface area contributed by atoms with Crippen LogP contribution in [0.2, 0.25) is 0 Å². The van der Waals surface area contributed by atoms with E-state index in [0.717, 1.165) is 16.0 Å². The lowest BCUT2D eigenvalue weighted by Crippen LogP contribution is -2.35. The first kappa shape index (κ1) is 17.0. The van der Waals surface area contributed by atoms with E-state index in [1.54, 1.807) is 13.8 Å². The molecule has 9 nitrogen and oxygen atoms in total. The van der Waals surface area contributed by atoms with E-state index in [0.29, 0.717) is 18.1 Å². The molecule has 10 heteroatoms. The molecule has 2 heterocycles. The van der Waals surface area contributed by atoms with E-state index in [1.165, 1.54) is 11.3 Å². The van der Waals surface area contributed by atoms with Crippen LogP contribution in [0.5, 0.6) is 5.88 Å². The number of H-pyrrole nitrogens is 1. The van der Waals surface area contributed by atoms with Crippen LogP contribution < -0.4 is 16.0 Å². The number of azo groups is 1. The molecule has 2 rings (SSSR count). The average Bonchev–Trinajstić information content (AvgIpc) is 2.92. The minimum atomic E-state index is -0.532. The van der Waals surface area contributed by atoms with E-state index >= 15 is 0 Å². The average molecular weight is 338 g/mol. The number of nitrogens with zero attached hydrogens (tertiary/aromatic N) is 5. The fourth-order valence-corrected chi connectivity index (χ4v) is 2.33. The molecule has 0 aliphatic rings. The van der Waals surface area contributed by atoms with E-state index in [1.807, 2.05) is 6.92 Å². The molecule has 0 amide bonds. The molecule has 0 spiro atoms. The maximum Gasteiger partial charge on any atom is 0.331 e. The number of unbranched alkanes of at least 4 members (excludes halogenated alkanes) is 1. The molecule has 0 saturated carbocycles. The first-order valence-electron chi connectivity index (χ1n) is 7.28. The van der Waals surface area contributed by atoms with Crippen molar-refractivity contribution in [3.05, 3.63) is 25.8 Å². The predicted molar refractivity (Wildman–Crippen MR) is 86.2 cm³/mol. The van der Waals surface area contributed by atoms with Gasteiger partial charge >= 0.3 is 5.69 Å². The molecule has 2 aromatic heterocycles. The van der Waals surface area contributed by atoms with Crippen molar-refractivity contribution in [3.8, 4) is 5.88 Å². The van der Waals surface area contributed by atoms with Gasteiger partial charge < -0.3 is 4.74 Å². The zero-order chi connectivity index (χ0) is 16.8. The molecule has 0 aliphatic heterocycles. The molecule has 23 heavy (non-hydrogen) atoms. The molecule has 2 aromatic rings. The Kier molecular flexibility index (Phi) is 5.74. The Balaban J connectivity index is 2.47. The SMILES string of the molecule is CCCCn1c(=O)[nH]c(OCC)c(/N=N/c2nnc(C)s2)c1=O. The Labute approximate surface area is 136 Å². The Bertz CT molecular complexity index is 807. The van der Waals surface area contributed by atoms with Gasteiger partial charge in [-0.15, -0.1) is 20.4 Å². The van der Waals surface area contributed by atoms with Crippen LogP contribution in [0.1, 0.15) is 31.7 Å². The molecule has 0 aliphatic carbocycles. The zero-order valence-corrected chi connectivity index (χ0v) is 14.0. The van der Waals surface area contributed by atoms with Crippen LogP contribution in [0.4, 0.5) is 10.8 Å². The van der Waals surface area contributed by atoms with Crippen LogP contribution in [0.15, 0.2) is 19.8 Å². The minimum absolute atomic E-state index is 0.0141. The highest BCUT2D eigenvalue weighted by molar-refractivity contribution is 7.14. The predicted octanol–water partition coefficient (Wildman–Crippen LogP) is 2.31. The second kappa shape index (κ2) is 7.77. The number of aromatic amines is 1. The standard InChI is InChI=1S/C13H18N6O3S/c1-4-6-7-19-11(20)9(10(22-5-2)14-13(19)21)16-18-12-17-15-8(3)23-12/h4-7H2,1-3H3,(H,14,21)/b18-16+. The van der Waals surface area contributed by atoms with E-state index < -0.39 is 11.2 Å². The van der Waals surface area contributed by atoms with Gasteiger partial charge in [-0.1, -0.05) is 24.7 Å². The van der Waals surface area contributed by atoms with Crippen molar-refractivity contribution in [3.63, 3.8) is 0 Å². The molecule has 1 N–H and O–H groups in total. The van der Waals surface area contributed by atoms with Crippen LogP contribution in [0.3, 0.4) is 0 Å². The van der Waals surface area contributed by atoms with E-state index in [4.69, 9.17) is 4.74 Å². The Morgan fingerprint density at radius 2 is 2.04 bits per heavy atom. The number of hydrogen-bond donors (Lipinski definition) is 1. The summed E-state index contributed by atoms with van der Waals surface area (Å²) in [6, 6.07) is 0. The van der Waals surface area contributed by atoms with Gasteiger partial charge in [-0.3, -0.25) is 14.3 Å². The normalized spacial score (nSPS) is 11.3. The zero-order valence-electron chi connectivity index (χ0n) is 13.2. The lowest BCUT2D eigenvalue weighted by Gasteiger charge is -2.08. The number of aromatic nitrogens is 4. The summed E-state index contributed by atoms with van der Waals surface area (Å²) in [4.78, 5) is 27.0. The molecule has 0 bridgehead atoms. The van der Waals surface area contributed by atoms with Crippen molar-refractivity contribution in [1.29, 1.82) is 0 Å². The highest BCUT2D eigenvalue weighted by atomic mass is 32.1. The number of rotatable bonds is 7. The molecule has 0 saturated heterocycles. The van der Waals surface area contributed by atoms with Gasteiger partial charge in [0.15, 0.2) is 0 Å². The molecule has 0 aromatic carbocycles. The lowest BCUT2D eigenvalue weighted by molar-refractivity contribution is 0.323. The fourth-order valence-electron chi connectivity index (χ4n) is 1.82. The second-order valence-corrected chi connectivity index (χ2v) is 5.81. The smallest absolute Gasteiger partial charge is 0.331 e. The van der Waals surface area contributed by atoms with Crippen molar-refractivity contribution < 1.29 is 4.74 Å². The second-order valence-electron chi connectivity index (χ2n) is 4.65. The molecule has 0 radical (unpaired) electrons. The van der Waals surface area contributed by atoms with Crippen molar-refractivity contribution in [2.45, 2.75) is 40.2 Å². The Morgan fingerprint density at radius 1 is 1.26 bits per heavy atom. The monoisotopic (exact) mass is 338 g/mol. The molecular weight excluding hydrogens is 320 g/mol. The summed E-state index contributed by atoms with van der Waals surface area (Å²) in [5, 5.41) is 16.5. The quantitative estimate of drug-likeness (QED) is 0.778.